The van der Waals surface area contributed by atoms with Crippen molar-refractivity contribution in [3.8, 4) is 0 Å². The molecule has 0 bridgehead atoms. The molecule has 0 heterocycles. The molecule has 0 aliphatic heterocycles. The van der Waals surface area contributed by atoms with E-state index in [1.54, 1.807) is 0 Å². The summed E-state index contributed by atoms with van der Waals surface area (Å²) in [7, 11) is 0. The summed E-state index contributed by atoms with van der Waals surface area (Å²) < 4.78 is 0.516. The van der Waals surface area contributed by atoms with E-state index in [0.717, 1.165) is 20.0 Å². The zero-order valence-electron chi connectivity index (χ0n) is 13.0. The predicted octanol–water partition coefficient (Wildman–Crippen LogP) is 2.27. The van der Waals surface area contributed by atoms with Gasteiger partial charge in [0.2, 0.25) is 0 Å². The van der Waals surface area contributed by atoms with Gasteiger partial charge in [0.1, 0.15) is 0 Å². The van der Waals surface area contributed by atoms with Gasteiger partial charge in [0.25, 0.3) is 0 Å². The first-order chi connectivity index (χ1) is 10.5. The first-order valence-corrected chi connectivity index (χ1v) is 7.52. The molecule has 0 fully saturated rings. The third-order valence-corrected chi connectivity index (χ3v) is 3.21. The van der Waals surface area contributed by atoms with Gasteiger partial charge in [0, 0.05) is 19.1 Å². The molecule has 0 saturated carbocycles. The molecule has 0 aliphatic carbocycles. The van der Waals surface area contributed by atoms with Crippen molar-refractivity contribution in [3.63, 3.8) is 0 Å². The Labute approximate surface area is 160 Å². The molecule has 0 unspecified atom stereocenters. The summed E-state index contributed by atoms with van der Waals surface area (Å²) in [5.41, 5.74) is 2.45. The molecule has 0 saturated heterocycles. The minimum atomic E-state index is -1.08. The fraction of sp³-hybridized carbons (Fsp3) is 0.176. The van der Waals surface area contributed by atoms with Crippen molar-refractivity contribution in [1.29, 1.82) is 0 Å². The SMILES string of the molecule is CC(=O)[O-].S=C([S-])N(Cc1ccccc1)Cc1ccccc1.[Zn+2]. The van der Waals surface area contributed by atoms with Crippen LogP contribution in [-0.4, -0.2) is 15.2 Å². The first-order valence-electron chi connectivity index (χ1n) is 6.70. The standard InChI is InChI=1S/C15H15NS2.C2H4O2.Zn/c17-15(18)16(11-13-7-3-1-4-8-13)12-14-9-5-2-6-10-14;1-2(3)4;/h1-10H,11-12H2,(H,17,18);1H3,(H,3,4);/q;;+2/p-2. The predicted molar refractivity (Wildman–Crippen MR) is 92.8 cm³/mol. The summed E-state index contributed by atoms with van der Waals surface area (Å²) in [6.45, 7) is 2.50. The molecule has 2 aromatic rings. The number of hydrogen-bond acceptors (Lipinski definition) is 4. The Morgan fingerprint density at radius 1 is 1.00 bits per heavy atom. The molecule has 116 valence electrons. The van der Waals surface area contributed by atoms with Crippen LogP contribution in [0.3, 0.4) is 0 Å². The summed E-state index contributed by atoms with van der Waals surface area (Å²) in [6.07, 6.45) is 0. The minimum absolute atomic E-state index is 0. The fourth-order valence-electron chi connectivity index (χ4n) is 1.79. The number of carboxylic acid groups (broad SMARTS) is 1. The molecule has 23 heavy (non-hydrogen) atoms. The van der Waals surface area contributed by atoms with Crippen LogP contribution in [0, 0.1) is 0 Å². The molecule has 0 amide bonds. The van der Waals surface area contributed by atoms with Crippen LogP contribution in [0.15, 0.2) is 60.7 Å². The molecule has 0 aliphatic rings. The molecule has 0 N–H and O–H groups in total. The van der Waals surface area contributed by atoms with E-state index in [2.05, 4.69) is 24.3 Å². The Hall–Kier alpha value is -1.36. The Kier molecular flexibility index (Phi) is 11.4. The summed E-state index contributed by atoms with van der Waals surface area (Å²) in [5, 5.41) is 8.89. The number of thiocarbonyl (C=S) groups is 1. The van der Waals surface area contributed by atoms with E-state index < -0.39 is 5.97 Å². The van der Waals surface area contributed by atoms with Gasteiger partial charge < -0.3 is 39.6 Å². The fourth-order valence-corrected chi connectivity index (χ4v) is 2.05. The van der Waals surface area contributed by atoms with E-state index in [0.29, 0.717) is 4.32 Å². The number of nitrogens with zero attached hydrogens (tertiary/aromatic N) is 1. The molecular weight excluding hydrogens is 380 g/mol. The number of aliphatic carboxylic acids is 1. The van der Waals surface area contributed by atoms with Crippen molar-refractivity contribution in [3.05, 3.63) is 71.8 Å². The number of benzene rings is 2. The molecule has 2 aromatic carbocycles. The van der Waals surface area contributed by atoms with E-state index >= 15 is 0 Å². The van der Waals surface area contributed by atoms with Crippen LogP contribution in [0.4, 0.5) is 0 Å². The van der Waals surface area contributed by atoms with Crippen molar-refractivity contribution in [1.82, 2.24) is 4.90 Å². The maximum atomic E-state index is 8.89. The average molecular weight is 397 g/mol. The van der Waals surface area contributed by atoms with E-state index in [9.17, 15) is 0 Å². The van der Waals surface area contributed by atoms with Crippen LogP contribution in [0.2, 0.25) is 0 Å². The molecule has 0 atom stereocenters. The molecule has 3 nitrogen and oxygen atoms in total. The van der Waals surface area contributed by atoms with Gasteiger partial charge in [-0.3, -0.25) is 0 Å². The van der Waals surface area contributed by atoms with Crippen molar-refractivity contribution in [2.24, 2.45) is 0 Å². The number of rotatable bonds is 4. The van der Waals surface area contributed by atoms with Gasteiger partial charge in [-0.25, -0.2) is 0 Å². The summed E-state index contributed by atoms with van der Waals surface area (Å²) in [4.78, 5) is 10.9. The normalized spacial score (nSPS) is 8.91. The minimum Gasteiger partial charge on any atom is -0.550 e. The molecule has 0 aromatic heterocycles. The molecule has 2 rings (SSSR count). The second-order valence-corrected chi connectivity index (χ2v) is 5.62. The zero-order valence-corrected chi connectivity index (χ0v) is 17.6. The van der Waals surface area contributed by atoms with Gasteiger partial charge in [-0.05, 0) is 18.1 Å². The van der Waals surface area contributed by atoms with Crippen LogP contribution >= 0.6 is 12.2 Å². The molecular formula is C17H17NO2S2Zn. The second-order valence-electron chi connectivity index (χ2n) is 4.58. The third-order valence-electron chi connectivity index (χ3n) is 2.69. The molecule has 0 radical (unpaired) electrons. The van der Waals surface area contributed by atoms with Crippen LogP contribution < -0.4 is 5.11 Å². The van der Waals surface area contributed by atoms with E-state index in [4.69, 9.17) is 34.7 Å². The van der Waals surface area contributed by atoms with Gasteiger partial charge in [-0.2, -0.15) is 0 Å². The van der Waals surface area contributed by atoms with E-state index in [-0.39, 0.29) is 19.5 Å². The van der Waals surface area contributed by atoms with Gasteiger partial charge in [-0.15, -0.1) is 0 Å². The molecule has 6 heteroatoms. The number of carbonyl (C=O) groups is 1. The van der Waals surface area contributed by atoms with Gasteiger partial charge in [0.15, 0.2) is 0 Å². The van der Waals surface area contributed by atoms with Crippen LogP contribution in [0.1, 0.15) is 18.1 Å². The number of carbonyl (C=O) groups excluding carboxylic acids is 1. The largest absolute Gasteiger partial charge is 2.00 e. The van der Waals surface area contributed by atoms with Crippen LogP contribution in [0.5, 0.6) is 0 Å². The van der Waals surface area contributed by atoms with E-state index in [1.165, 1.54) is 11.1 Å². The van der Waals surface area contributed by atoms with Gasteiger partial charge in [0.05, 0.1) is 0 Å². The van der Waals surface area contributed by atoms with Crippen LogP contribution in [-0.2, 0) is 50.0 Å². The quantitative estimate of drug-likeness (QED) is 0.450. The van der Waals surface area contributed by atoms with Gasteiger partial charge >= 0.3 is 19.5 Å². The Morgan fingerprint density at radius 2 is 1.30 bits per heavy atom. The maximum Gasteiger partial charge on any atom is 2.00 e. The maximum absolute atomic E-state index is 8.89. The van der Waals surface area contributed by atoms with Crippen LogP contribution in [0.25, 0.3) is 0 Å². The topological polar surface area (TPSA) is 43.4 Å². The molecule has 0 spiro atoms. The average Bonchev–Trinajstić information content (AvgIpc) is 2.48. The van der Waals surface area contributed by atoms with Crippen molar-refractivity contribution in [2.45, 2.75) is 20.0 Å². The van der Waals surface area contributed by atoms with Crippen molar-refractivity contribution in [2.75, 3.05) is 0 Å². The monoisotopic (exact) mass is 395 g/mol. The van der Waals surface area contributed by atoms with Gasteiger partial charge in [-0.1, -0.05) is 65.0 Å². The third kappa shape index (κ3) is 10.1. The summed E-state index contributed by atoms with van der Waals surface area (Å²) >= 11 is 10.3. The van der Waals surface area contributed by atoms with E-state index in [1.807, 2.05) is 41.3 Å². The smallest absolute Gasteiger partial charge is 0.550 e. The Morgan fingerprint density at radius 3 is 1.57 bits per heavy atom. The van der Waals surface area contributed by atoms with Crippen molar-refractivity contribution < 1.29 is 29.4 Å². The first kappa shape index (κ1) is 21.6. The number of hydrogen-bond donors (Lipinski definition) is 0. The second kappa shape index (κ2) is 12.1. The Bertz CT molecular complexity index is 549. The number of carboxylic acids is 1. The zero-order chi connectivity index (χ0) is 16.4. The summed E-state index contributed by atoms with van der Waals surface area (Å²) in [6, 6.07) is 20.5. The van der Waals surface area contributed by atoms with Crippen molar-refractivity contribution >= 4 is 35.1 Å². The Balaban J connectivity index is 0.000000871. The summed E-state index contributed by atoms with van der Waals surface area (Å²) in [5.74, 6) is -1.08.